The van der Waals surface area contributed by atoms with Crippen LogP contribution in [0.5, 0.6) is 11.5 Å². The van der Waals surface area contributed by atoms with Gasteiger partial charge in [-0.15, -0.1) is 0 Å². The Morgan fingerprint density at radius 3 is 2.24 bits per heavy atom. The highest BCUT2D eigenvalue weighted by Crippen LogP contribution is 2.30. The molecule has 1 amide bonds. The number of hydrogen-bond donors (Lipinski definition) is 1. The van der Waals surface area contributed by atoms with Gasteiger partial charge in [0.15, 0.2) is 17.3 Å². The molecule has 0 spiro atoms. The Kier molecular flexibility index (Phi) is 7.17. The molecule has 1 heterocycles. The summed E-state index contributed by atoms with van der Waals surface area (Å²) in [6, 6.07) is 27.2. The molecule has 0 aliphatic rings. The number of anilines is 1. The fourth-order valence-corrected chi connectivity index (χ4v) is 4.30. The Morgan fingerprint density at radius 1 is 0.789 bits per heavy atom. The maximum Gasteiger partial charge on any atom is 0.256 e. The number of nitrogens with one attached hydrogen (secondary N) is 1. The average molecular weight is 506 g/mol. The minimum atomic E-state index is -0.370. The van der Waals surface area contributed by atoms with E-state index in [0.717, 1.165) is 16.7 Å². The van der Waals surface area contributed by atoms with Gasteiger partial charge in [-0.3, -0.25) is 14.2 Å². The van der Waals surface area contributed by atoms with Crippen molar-refractivity contribution in [3.8, 4) is 17.2 Å². The van der Waals surface area contributed by atoms with Crippen LogP contribution in [0.2, 0.25) is 0 Å². The molecule has 5 aromatic rings. The molecule has 38 heavy (non-hydrogen) atoms. The molecule has 0 radical (unpaired) electrons. The van der Waals surface area contributed by atoms with Crippen LogP contribution in [0.3, 0.4) is 0 Å². The number of aromatic nitrogens is 2. The van der Waals surface area contributed by atoms with Crippen LogP contribution >= 0.6 is 0 Å². The van der Waals surface area contributed by atoms with Crippen molar-refractivity contribution in [3.05, 3.63) is 114 Å². The number of benzene rings is 4. The average Bonchev–Trinajstić information content (AvgIpc) is 3.38. The minimum Gasteiger partial charge on any atom is -0.490 e. The molecule has 1 N–H and O–H groups in total. The maximum atomic E-state index is 13.4. The first-order chi connectivity index (χ1) is 18.6. The number of ether oxygens (including phenoxy) is 2. The van der Waals surface area contributed by atoms with Gasteiger partial charge in [0, 0.05) is 22.5 Å². The molecule has 0 atom stereocenters. The minimum absolute atomic E-state index is 0.276. The van der Waals surface area contributed by atoms with Gasteiger partial charge in [0.1, 0.15) is 6.33 Å². The maximum absolute atomic E-state index is 13.4. The Hall–Kier alpha value is -4.91. The van der Waals surface area contributed by atoms with E-state index < -0.39 is 0 Å². The van der Waals surface area contributed by atoms with E-state index in [0.29, 0.717) is 41.5 Å². The van der Waals surface area contributed by atoms with Crippen molar-refractivity contribution in [2.24, 2.45) is 0 Å². The van der Waals surface area contributed by atoms with Gasteiger partial charge in [0.05, 0.1) is 29.8 Å². The van der Waals surface area contributed by atoms with Crippen LogP contribution in [0, 0.1) is 0 Å². The summed E-state index contributed by atoms with van der Waals surface area (Å²) >= 11 is 0. The van der Waals surface area contributed by atoms with Crippen molar-refractivity contribution in [2.45, 2.75) is 13.8 Å². The van der Waals surface area contributed by atoms with Crippen molar-refractivity contribution in [1.82, 2.24) is 9.55 Å². The normalized spacial score (nSPS) is 10.8. The highest BCUT2D eigenvalue weighted by Gasteiger charge is 2.20. The second-order valence-electron chi connectivity index (χ2n) is 8.51. The summed E-state index contributed by atoms with van der Waals surface area (Å²) in [6.07, 6.45) is 1.78. The standard InChI is InChI=1S/C31H27N3O4/c1-3-37-28-18-13-21(19-29(28)38-4-2)30(35)24-9-5-6-10-25(24)31(36)33-22-14-16-23(17-15-22)34-20-32-26-11-7-8-12-27(26)34/h5-20H,3-4H2,1-2H3,(H,33,36). The molecule has 190 valence electrons. The van der Waals surface area contributed by atoms with Gasteiger partial charge in [-0.05, 0) is 74.5 Å². The Balaban J connectivity index is 1.37. The van der Waals surface area contributed by atoms with Crippen molar-refractivity contribution in [1.29, 1.82) is 0 Å². The Bertz CT molecular complexity index is 1610. The predicted molar refractivity (Wildman–Crippen MR) is 148 cm³/mol. The lowest BCUT2D eigenvalue weighted by atomic mass is 9.97. The summed E-state index contributed by atoms with van der Waals surface area (Å²) in [5.74, 6) is 0.421. The third-order valence-electron chi connectivity index (χ3n) is 6.08. The molecule has 0 aliphatic heterocycles. The van der Waals surface area contributed by atoms with E-state index in [4.69, 9.17) is 9.47 Å². The molecule has 7 heteroatoms. The molecular formula is C31H27N3O4. The lowest BCUT2D eigenvalue weighted by molar-refractivity contribution is 0.0996. The van der Waals surface area contributed by atoms with Crippen LogP contribution in [-0.2, 0) is 0 Å². The first kappa shape index (κ1) is 24.8. The number of carbonyl (C=O) groups is 2. The summed E-state index contributed by atoms with van der Waals surface area (Å²) in [4.78, 5) is 31.1. The van der Waals surface area contributed by atoms with E-state index in [1.165, 1.54) is 0 Å². The molecule has 0 bridgehead atoms. The number of imidazole rings is 1. The molecule has 4 aromatic carbocycles. The van der Waals surface area contributed by atoms with Gasteiger partial charge in [-0.25, -0.2) is 4.98 Å². The summed E-state index contributed by atoms with van der Waals surface area (Å²) in [5.41, 5.74) is 4.45. The van der Waals surface area contributed by atoms with Crippen LogP contribution in [0.4, 0.5) is 5.69 Å². The molecule has 0 saturated carbocycles. The zero-order chi connectivity index (χ0) is 26.5. The van der Waals surface area contributed by atoms with Gasteiger partial charge in [0.25, 0.3) is 5.91 Å². The van der Waals surface area contributed by atoms with Crippen molar-refractivity contribution < 1.29 is 19.1 Å². The van der Waals surface area contributed by atoms with E-state index in [-0.39, 0.29) is 17.3 Å². The third-order valence-corrected chi connectivity index (χ3v) is 6.08. The Morgan fingerprint density at radius 2 is 1.47 bits per heavy atom. The van der Waals surface area contributed by atoms with Gasteiger partial charge in [0.2, 0.25) is 0 Å². The third kappa shape index (κ3) is 4.99. The number of rotatable bonds is 9. The Labute approximate surface area is 220 Å². The predicted octanol–water partition coefficient (Wildman–Crippen LogP) is 6.31. The van der Waals surface area contributed by atoms with E-state index in [2.05, 4.69) is 10.3 Å². The smallest absolute Gasteiger partial charge is 0.256 e. The number of amides is 1. The number of carbonyl (C=O) groups excluding carboxylic acids is 2. The molecule has 1 aromatic heterocycles. The van der Waals surface area contributed by atoms with Crippen LogP contribution in [0.15, 0.2) is 97.3 Å². The van der Waals surface area contributed by atoms with Crippen molar-refractivity contribution >= 4 is 28.4 Å². The molecule has 0 unspecified atom stereocenters. The monoisotopic (exact) mass is 505 g/mol. The lowest BCUT2D eigenvalue weighted by Crippen LogP contribution is -2.17. The van der Waals surface area contributed by atoms with E-state index in [1.54, 1.807) is 48.8 Å². The highest BCUT2D eigenvalue weighted by molar-refractivity contribution is 6.17. The van der Waals surface area contributed by atoms with Gasteiger partial charge in [-0.2, -0.15) is 0 Å². The van der Waals surface area contributed by atoms with Crippen LogP contribution in [0.1, 0.15) is 40.1 Å². The quantitative estimate of drug-likeness (QED) is 0.238. The van der Waals surface area contributed by atoms with E-state index >= 15 is 0 Å². The van der Waals surface area contributed by atoms with Crippen molar-refractivity contribution in [3.63, 3.8) is 0 Å². The van der Waals surface area contributed by atoms with Gasteiger partial charge < -0.3 is 14.8 Å². The number of hydrogen-bond acceptors (Lipinski definition) is 5. The second kappa shape index (κ2) is 11.0. The number of ketones is 1. The second-order valence-corrected chi connectivity index (χ2v) is 8.51. The van der Waals surface area contributed by atoms with Gasteiger partial charge in [-0.1, -0.05) is 30.3 Å². The summed E-state index contributed by atoms with van der Waals surface area (Å²) in [6.45, 7) is 4.67. The first-order valence-corrected chi connectivity index (χ1v) is 12.5. The lowest BCUT2D eigenvalue weighted by Gasteiger charge is -2.13. The van der Waals surface area contributed by atoms with Crippen LogP contribution < -0.4 is 14.8 Å². The summed E-state index contributed by atoms with van der Waals surface area (Å²) in [7, 11) is 0. The number of nitrogens with zero attached hydrogens (tertiary/aromatic N) is 2. The van der Waals surface area contributed by atoms with E-state index in [9.17, 15) is 9.59 Å². The van der Waals surface area contributed by atoms with E-state index in [1.807, 2.05) is 66.9 Å². The summed E-state index contributed by atoms with van der Waals surface area (Å²) in [5, 5.41) is 2.91. The number of para-hydroxylation sites is 2. The van der Waals surface area contributed by atoms with Gasteiger partial charge >= 0.3 is 0 Å². The van der Waals surface area contributed by atoms with Crippen LogP contribution in [-0.4, -0.2) is 34.5 Å². The molecule has 0 aliphatic carbocycles. The first-order valence-electron chi connectivity index (χ1n) is 12.5. The van der Waals surface area contributed by atoms with Crippen LogP contribution in [0.25, 0.3) is 16.7 Å². The topological polar surface area (TPSA) is 82.5 Å². The summed E-state index contributed by atoms with van der Waals surface area (Å²) < 4.78 is 13.3. The fraction of sp³-hybridized carbons (Fsp3) is 0.129. The fourth-order valence-electron chi connectivity index (χ4n) is 4.30. The molecule has 0 saturated heterocycles. The molecule has 5 rings (SSSR count). The molecular weight excluding hydrogens is 478 g/mol. The zero-order valence-corrected chi connectivity index (χ0v) is 21.2. The molecule has 7 nitrogen and oxygen atoms in total. The zero-order valence-electron chi connectivity index (χ0n) is 21.2. The number of fused-ring (bicyclic) bond motifs is 1. The van der Waals surface area contributed by atoms with Crippen molar-refractivity contribution in [2.75, 3.05) is 18.5 Å². The molecule has 0 fully saturated rings. The SMILES string of the molecule is CCOc1ccc(C(=O)c2ccccc2C(=O)Nc2ccc(-n3cnc4ccccc43)cc2)cc1OCC. The highest BCUT2D eigenvalue weighted by atomic mass is 16.5. The largest absolute Gasteiger partial charge is 0.490 e.